The summed E-state index contributed by atoms with van der Waals surface area (Å²) >= 11 is 0. The third kappa shape index (κ3) is 7.73. The van der Waals surface area contributed by atoms with Gasteiger partial charge in [-0.25, -0.2) is 4.79 Å². The fourth-order valence-corrected chi connectivity index (χ4v) is 3.63. The minimum absolute atomic E-state index is 0. The molecule has 1 aliphatic rings. The topological polar surface area (TPSA) is 81.0 Å². The van der Waals surface area contributed by atoms with Crippen LogP contribution in [-0.4, -0.2) is 52.4 Å². The van der Waals surface area contributed by atoms with Crippen LogP contribution in [0.25, 0.3) is 0 Å². The predicted molar refractivity (Wildman–Crippen MR) is 122 cm³/mol. The highest BCUT2D eigenvalue weighted by Gasteiger charge is 2.39. The van der Waals surface area contributed by atoms with Crippen molar-refractivity contribution >= 4 is 18.4 Å². The van der Waals surface area contributed by atoms with Crippen molar-refractivity contribution in [3.8, 4) is 0 Å². The van der Waals surface area contributed by atoms with Crippen LogP contribution in [0.3, 0.4) is 0 Å². The summed E-state index contributed by atoms with van der Waals surface area (Å²) < 4.78 is 0. The second-order valence-corrected chi connectivity index (χ2v) is 7.43. The SMILES string of the molecule is Cl.O=C(O)C(O)(c1ccccc1)c1ccccc1.OCCN1CCCCCCCC1. The van der Waals surface area contributed by atoms with Crippen LogP contribution in [-0.2, 0) is 10.4 Å². The van der Waals surface area contributed by atoms with Gasteiger partial charge in [-0.15, -0.1) is 12.4 Å². The lowest BCUT2D eigenvalue weighted by molar-refractivity contribution is -0.155. The Kier molecular flexibility index (Phi) is 12.3. The maximum absolute atomic E-state index is 11.4. The van der Waals surface area contributed by atoms with Crippen LogP contribution >= 0.6 is 12.4 Å². The highest BCUT2D eigenvalue weighted by atomic mass is 35.5. The number of hydrogen-bond donors (Lipinski definition) is 3. The quantitative estimate of drug-likeness (QED) is 0.659. The van der Waals surface area contributed by atoms with Gasteiger partial charge in [0.25, 0.3) is 0 Å². The molecule has 0 aliphatic carbocycles. The van der Waals surface area contributed by atoms with Gasteiger partial charge in [0.1, 0.15) is 0 Å². The minimum atomic E-state index is -2.00. The lowest BCUT2D eigenvalue weighted by Crippen LogP contribution is -2.36. The zero-order valence-corrected chi connectivity index (χ0v) is 18.3. The average molecular weight is 436 g/mol. The van der Waals surface area contributed by atoms with Crippen LogP contribution in [0.1, 0.15) is 49.7 Å². The van der Waals surface area contributed by atoms with Gasteiger partial charge in [0.05, 0.1) is 6.61 Å². The Balaban J connectivity index is 0.000000308. The zero-order valence-electron chi connectivity index (χ0n) is 17.4. The maximum atomic E-state index is 11.4. The Morgan fingerprint density at radius 1 is 0.800 bits per heavy atom. The van der Waals surface area contributed by atoms with E-state index in [0.29, 0.717) is 17.7 Å². The van der Waals surface area contributed by atoms with Crippen molar-refractivity contribution in [2.24, 2.45) is 0 Å². The van der Waals surface area contributed by atoms with Gasteiger partial charge in [-0.05, 0) is 37.1 Å². The van der Waals surface area contributed by atoms with Gasteiger partial charge in [-0.3, -0.25) is 0 Å². The maximum Gasteiger partial charge on any atom is 0.345 e. The number of aliphatic carboxylic acids is 1. The molecule has 6 heteroatoms. The molecule has 3 N–H and O–H groups in total. The predicted octanol–water partition coefficient (Wildman–Crippen LogP) is 4.06. The van der Waals surface area contributed by atoms with Gasteiger partial charge >= 0.3 is 5.97 Å². The molecular weight excluding hydrogens is 402 g/mol. The number of benzene rings is 2. The Morgan fingerprint density at radius 3 is 1.57 bits per heavy atom. The summed E-state index contributed by atoms with van der Waals surface area (Å²) in [6, 6.07) is 16.7. The molecule has 166 valence electrons. The first-order valence-corrected chi connectivity index (χ1v) is 10.5. The van der Waals surface area contributed by atoms with Crippen molar-refractivity contribution in [3.05, 3.63) is 71.8 Å². The molecule has 3 rings (SSSR count). The zero-order chi connectivity index (χ0) is 21.0. The van der Waals surface area contributed by atoms with E-state index in [1.807, 2.05) is 0 Å². The molecule has 1 aliphatic heterocycles. The summed E-state index contributed by atoms with van der Waals surface area (Å²) in [7, 11) is 0. The Morgan fingerprint density at radius 2 is 1.20 bits per heavy atom. The van der Waals surface area contributed by atoms with Gasteiger partial charge in [-0.1, -0.05) is 86.3 Å². The fraction of sp³-hybridized carbons (Fsp3) is 0.458. The van der Waals surface area contributed by atoms with Gasteiger partial charge in [0.15, 0.2) is 0 Å². The molecule has 0 amide bonds. The van der Waals surface area contributed by atoms with E-state index in [0.717, 1.165) is 6.54 Å². The van der Waals surface area contributed by atoms with Gasteiger partial charge in [-0.2, -0.15) is 0 Å². The van der Waals surface area contributed by atoms with Crippen molar-refractivity contribution in [2.75, 3.05) is 26.2 Å². The largest absolute Gasteiger partial charge is 0.479 e. The first-order valence-electron chi connectivity index (χ1n) is 10.5. The van der Waals surface area contributed by atoms with Crippen molar-refractivity contribution in [3.63, 3.8) is 0 Å². The molecule has 0 radical (unpaired) electrons. The van der Waals surface area contributed by atoms with Crippen LogP contribution in [0.15, 0.2) is 60.7 Å². The third-order valence-electron chi connectivity index (χ3n) is 5.31. The summed E-state index contributed by atoms with van der Waals surface area (Å²) in [6.45, 7) is 3.58. The molecule has 1 fully saturated rings. The number of carboxylic acids is 1. The average Bonchev–Trinajstić information content (AvgIpc) is 2.89. The Labute approximate surface area is 185 Å². The van der Waals surface area contributed by atoms with E-state index in [1.165, 1.54) is 51.6 Å². The monoisotopic (exact) mass is 435 g/mol. The smallest absolute Gasteiger partial charge is 0.345 e. The summed E-state index contributed by atoms with van der Waals surface area (Å²) in [5, 5.41) is 28.5. The van der Waals surface area contributed by atoms with Crippen molar-refractivity contribution in [1.82, 2.24) is 4.90 Å². The molecule has 0 aromatic heterocycles. The number of aliphatic hydroxyl groups is 2. The summed E-state index contributed by atoms with van der Waals surface area (Å²) in [5.41, 5.74) is -1.31. The fourth-order valence-electron chi connectivity index (χ4n) is 3.63. The molecule has 0 bridgehead atoms. The second-order valence-electron chi connectivity index (χ2n) is 7.43. The van der Waals surface area contributed by atoms with E-state index in [9.17, 15) is 15.0 Å². The molecule has 2 aromatic carbocycles. The molecule has 2 aromatic rings. The molecule has 30 heavy (non-hydrogen) atoms. The molecular formula is C24H34ClNO4. The number of rotatable bonds is 5. The van der Waals surface area contributed by atoms with E-state index >= 15 is 0 Å². The van der Waals surface area contributed by atoms with Gasteiger partial charge in [0, 0.05) is 6.54 Å². The van der Waals surface area contributed by atoms with Gasteiger partial charge in [0.2, 0.25) is 5.60 Å². The highest BCUT2D eigenvalue weighted by Crippen LogP contribution is 2.29. The molecule has 1 saturated heterocycles. The summed E-state index contributed by atoms with van der Waals surface area (Å²) in [5.74, 6) is -1.28. The van der Waals surface area contributed by atoms with Crippen molar-refractivity contribution in [1.29, 1.82) is 0 Å². The first-order chi connectivity index (χ1) is 14.1. The molecule has 1 heterocycles. The lowest BCUT2D eigenvalue weighted by Gasteiger charge is -2.24. The lowest BCUT2D eigenvalue weighted by atomic mass is 9.86. The standard InChI is InChI=1S/C14H12O3.C10H21NO.ClH/c15-13(16)14(17,11-7-3-1-4-8-11)12-9-5-2-6-10-12;12-10-9-11-7-5-3-1-2-4-6-8-11;/h1-10,17H,(H,15,16);12H,1-10H2;1H. The summed E-state index contributed by atoms with van der Waals surface area (Å²) in [6.07, 6.45) is 8.21. The molecule has 0 saturated carbocycles. The van der Waals surface area contributed by atoms with Crippen LogP contribution in [0.5, 0.6) is 0 Å². The number of β-amino-alcohol motifs (C(OH)–C–C–N with tert-alkyl or cyclic N) is 1. The summed E-state index contributed by atoms with van der Waals surface area (Å²) in [4.78, 5) is 13.8. The van der Waals surface area contributed by atoms with Crippen LogP contribution < -0.4 is 0 Å². The highest BCUT2D eigenvalue weighted by molar-refractivity contribution is 5.85. The third-order valence-corrected chi connectivity index (χ3v) is 5.31. The van der Waals surface area contributed by atoms with Crippen molar-refractivity contribution in [2.45, 2.75) is 44.1 Å². The van der Waals surface area contributed by atoms with Crippen molar-refractivity contribution < 1.29 is 20.1 Å². The number of hydrogen-bond acceptors (Lipinski definition) is 4. The molecule has 0 atom stereocenters. The van der Waals surface area contributed by atoms with Crippen LogP contribution in [0.2, 0.25) is 0 Å². The number of aliphatic hydroxyl groups excluding tert-OH is 1. The molecule has 5 nitrogen and oxygen atoms in total. The Hall–Kier alpha value is -1.92. The van der Waals surface area contributed by atoms with Crippen LogP contribution in [0.4, 0.5) is 0 Å². The van der Waals surface area contributed by atoms with E-state index in [-0.39, 0.29) is 12.4 Å². The second kappa shape index (κ2) is 14.1. The van der Waals surface area contributed by atoms with Crippen LogP contribution in [0, 0.1) is 0 Å². The number of carboxylic acid groups (broad SMARTS) is 1. The normalized spacial score (nSPS) is 15.4. The Bertz CT molecular complexity index is 662. The number of nitrogens with zero attached hydrogens (tertiary/aromatic N) is 1. The number of halogens is 1. The van der Waals surface area contributed by atoms with E-state index < -0.39 is 11.6 Å². The van der Waals surface area contributed by atoms with E-state index in [1.54, 1.807) is 60.7 Å². The molecule has 0 unspecified atom stereocenters. The van der Waals surface area contributed by atoms with E-state index in [4.69, 9.17) is 5.11 Å². The van der Waals surface area contributed by atoms with Gasteiger partial charge < -0.3 is 20.2 Å². The van der Waals surface area contributed by atoms with E-state index in [2.05, 4.69) is 4.90 Å². The first kappa shape index (κ1) is 26.1. The molecule has 0 spiro atoms. The minimum Gasteiger partial charge on any atom is -0.479 e. The number of carbonyl (C=O) groups is 1.